The highest BCUT2D eigenvalue weighted by Gasteiger charge is 2.17. The molecule has 2 N–H and O–H groups in total. The van der Waals surface area contributed by atoms with E-state index in [9.17, 15) is 15.0 Å². The van der Waals surface area contributed by atoms with E-state index in [2.05, 4.69) is 4.98 Å². The Morgan fingerprint density at radius 1 is 1.35 bits per heavy atom. The summed E-state index contributed by atoms with van der Waals surface area (Å²) >= 11 is 1.50. The summed E-state index contributed by atoms with van der Waals surface area (Å²) in [6.07, 6.45) is 0. The molecule has 0 bridgehead atoms. The van der Waals surface area contributed by atoms with Gasteiger partial charge in [-0.3, -0.25) is 0 Å². The molecule has 118 valence electrons. The monoisotopic (exact) mass is 331 g/mol. The third-order valence-corrected chi connectivity index (χ3v) is 4.02. The fourth-order valence-corrected chi connectivity index (χ4v) is 2.62. The van der Waals surface area contributed by atoms with Gasteiger partial charge < -0.3 is 19.4 Å². The quantitative estimate of drug-likeness (QED) is 0.711. The highest BCUT2D eigenvalue weighted by Crippen LogP contribution is 2.27. The summed E-state index contributed by atoms with van der Waals surface area (Å²) in [5, 5.41) is 20.8. The number of carbonyl (C=O) groups is 1. The molecule has 0 aliphatic heterocycles. The van der Waals surface area contributed by atoms with E-state index in [-0.39, 0.29) is 23.7 Å². The number of hydrogen-bond acceptors (Lipinski definition) is 7. The first kappa shape index (κ1) is 15.1. The lowest BCUT2D eigenvalue weighted by molar-refractivity contribution is 0.0463. The molecule has 2 aromatic heterocycles. The van der Waals surface area contributed by atoms with Gasteiger partial charge in [0.25, 0.3) is 0 Å². The van der Waals surface area contributed by atoms with Crippen LogP contribution >= 0.6 is 11.3 Å². The number of benzene rings is 1. The summed E-state index contributed by atoms with van der Waals surface area (Å²) < 4.78 is 10.7. The van der Waals surface area contributed by atoms with Crippen molar-refractivity contribution in [3.8, 4) is 22.3 Å². The molecule has 0 aliphatic carbocycles. The van der Waals surface area contributed by atoms with E-state index in [4.69, 9.17) is 9.15 Å². The molecule has 0 atom stereocenters. The lowest BCUT2D eigenvalue weighted by Gasteiger charge is -2.05. The van der Waals surface area contributed by atoms with E-state index in [1.54, 1.807) is 6.92 Å². The second-order valence-corrected chi connectivity index (χ2v) is 5.72. The van der Waals surface area contributed by atoms with E-state index in [1.165, 1.54) is 23.5 Å². The third kappa shape index (κ3) is 3.19. The van der Waals surface area contributed by atoms with Gasteiger partial charge in [0.05, 0.1) is 4.88 Å². The molecule has 3 rings (SSSR count). The summed E-state index contributed by atoms with van der Waals surface area (Å²) in [6, 6.07) is 7.45. The van der Waals surface area contributed by atoms with Crippen molar-refractivity contribution in [1.29, 1.82) is 0 Å². The van der Waals surface area contributed by atoms with Gasteiger partial charge in [0.1, 0.15) is 35.1 Å². The van der Waals surface area contributed by atoms with Gasteiger partial charge in [-0.1, -0.05) is 6.07 Å². The number of thiophene rings is 1. The Balaban J connectivity index is 1.72. The summed E-state index contributed by atoms with van der Waals surface area (Å²) in [5.74, 6) is -0.132. The highest BCUT2D eigenvalue weighted by atomic mass is 32.1. The molecule has 2 heterocycles. The van der Waals surface area contributed by atoms with Gasteiger partial charge in [-0.05, 0) is 30.5 Å². The normalized spacial score (nSPS) is 10.7. The Morgan fingerprint density at radius 3 is 2.87 bits per heavy atom. The molecule has 0 unspecified atom stereocenters. The first-order valence-corrected chi connectivity index (χ1v) is 7.62. The minimum absolute atomic E-state index is 0.0255. The second kappa shape index (κ2) is 6.13. The molecule has 7 heteroatoms. The predicted octanol–water partition coefficient (Wildman–Crippen LogP) is 3.48. The van der Waals surface area contributed by atoms with Crippen LogP contribution in [0, 0.1) is 6.92 Å². The molecule has 0 aliphatic rings. The lowest BCUT2D eigenvalue weighted by atomic mass is 10.2. The van der Waals surface area contributed by atoms with Crippen molar-refractivity contribution in [3.05, 3.63) is 52.7 Å². The van der Waals surface area contributed by atoms with Crippen LogP contribution in [0.3, 0.4) is 0 Å². The Hall–Kier alpha value is -2.80. The SMILES string of the molecule is Cc1oc(-c2cccs2)nc1COC(=O)c1ccc(O)cc1O. The van der Waals surface area contributed by atoms with Crippen LogP contribution in [0.25, 0.3) is 10.8 Å². The van der Waals surface area contributed by atoms with Crippen LogP contribution in [0.1, 0.15) is 21.8 Å². The molecule has 23 heavy (non-hydrogen) atoms. The van der Waals surface area contributed by atoms with Gasteiger partial charge in [-0.2, -0.15) is 0 Å². The van der Waals surface area contributed by atoms with Crippen molar-refractivity contribution < 1.29 is 24.2 Å². The maximum Gasteiger partial charge on any atom is 0.342 e. The molecule has 0 radical (unpaired) electrons. The van der Waals surface area contributed by atoms with Crippen LogP contribution in [0.5, 0.6) is 11.5 Å². The van der Waals surface area contributed by atoms with E-state index in [1.807, 2.05) is 17.5 Å². The second-order valence-electron chi connectivity index (χ2n) is 4.78. The van der Waals surface area contributed by atoms with Crippen molar-refractivity contribution in [2.45, 2.75) is 13.5 Å². The van der Waals surface area contributed by atoms with Gasteiger partial charge in [-0.15, -0.1) is 11.3 Å². The molecule has 0 amide bonds. The van der Waals surface area contributed by atoms with Crippen LogP contribution < -0.4 is 0 Å². The number of rotatable bonds is 4. The fraction of sp³-hybridized carbons (Fsp3) is 0.125. The van der Waals surface area contributed by atoms with Gasteiger partial charge in [0.2, 0.25) is 5.89 Å². The molecule has 3 aromatic rings. The number of oxazole rings is 1. The van der Waals surface area contributed by atoms with Gasteiger partial charge in [-0.25, -0.2) is 9.78 Å². The fourth-order valence-electron chi connectivity index (χ4n) is 1.97. The molecule has 0 spiro atoms. The van der Waals surface area contributed by atoms with E-state index in [0.717, 1.165) is 10.9 Å². The Labute approximate surface area is 135 Å². The summed E-state index contributed by atoms with van der Waals surface area (Å²) in [6.45, 7) is 1.67. The van der Waals surface area contributed by atoms with Crippen LogP contribution in [-0.2, 0) is 11.3 Å². The van der Waals surface area contributed by atoms with Crippen molar-refractivity contribution in [2.75, 3.05) is 0 Å². The highest BCUT2D eigenvalue weighted by molar-refractivity contribution is 7.13. The van der Waals surface area contributed by atoms with Crippen molar-refractivity contribution in [2.24, 2.45) is 0 Å². The molecule has 0 saturated heterocycles. The number of phenolic OH excluding ortho intramolecular Hbond substituents is 2. The minimum Gasteiger partial charge on any atom is -0.508 e. The number of aromatic hydroxyl groups is 2. The third-order valence-electron chi connectivity index (χ3n) is 3.17. The summed E-state index contributed by atoms with van der Waals surface area (Å²) in [7, 11) is 0. The minimum atomic E-state index is -0.706. The smallest absolute Gasteiger partial charge is 0.342 e. The molecular weight excluding hydrogens is 318 g/mol. The van der Waals surface area contributed by atoms with Crippen LogP contribution in [-0.4, -0.2) is 21.2 Å². The maximum atomic E-state index is 12.0. The van der Waals surface area contributed by atoms with E-state index >= 15 is 0 Å². The van der Waals surface area contributed by atoms with Gasteiger partial charge in [0.15, 0.2) is 0 Å². The number of phenols is 2. The standard InChI is InChI=1S/C16H13NO5S/c1-9-12(17-15(22-9)14-3-2-6-23-14)8-21-16(20)11-5-4-10(18)7-13(11)19/h2-7,18-19H,8H2,1H3. The molecule has 0 fully saturated rings. The largest absolute Gasteiger partial charge is 0.508 e. The zero-order chi connectivity index (χ0) is 16.4. The zero-order valence-corrected chi connectivity index (χ0v) is 13.0. The number of carbonyl (C=O) groups excluding carboxylic acids is 1. The maximum absolute atomic E-state index is 12.0. The molecular formula is C16H13NO5S. The number of nitrogens with zero attached hydrogens (tertiary/aromatic N) is 1. The van der Waals surface area contributed by atoms with Gasteiger partial charge >= 0.3 is 5.97 Å². The van der Waals surface area contributed by atoms with Gasteiger partial charge in [0, 0.05) is 6.07 Å². The Morgan fingerprint density at radius 2 is 2.17 bits per heavy atom. The van der Waals surface area contributed by atoms with Crippen LogP contribution in [0.4, 0.5) is 0 Å². The average molecular weight is 331 g/mol. The molecule has 0 saturated carbocycles. The van der Waals surface area contributed by atoms with Crippen molar-refractivity contribution in [1.82, 2.24) is 4.98 Å². The first-order valence-electron chi connectivity index (χ1n) is 6.74. The van der Waals surface area contributed by atoms with Crippen molar-refractivity contribution in [3.63, 3.8) is 0 Å². The molecule has 6 nitrogen and oxygen atoms in total. The van der Waals surface area contributed by atoms with Crippen LogP contribution in [0.2, 0.25) is 0 Å². The van der Waals surface area contributed by atoms with E-state index in [0.29, 0.717) is 17.3 Å². The topological polar surface area (TPSA) is 92.8 Å². The number of aryl methyl sites for hydroxylation is 1. The average Bonchev–Trinajstić information content (AvgIpc) is 3.14. The lowest BCUT2D eigenvalue weighted by Crippen LogP contribution is -2.06. The molecule has 1 aromatic carbocycles. The van der Waals surface area contributed by atoms with Crippen LogP contribution in [0.15, 0.2) is 40.1 Å². The first-order chi connectivity index (χ1) is 11.0. The van der Waals surface area contributed by atoms with E-state index < -0.39 is 5.97 Å². The summed E-state index contributed by atoms with van der Waals surface area (Å²) in [4.78, 5) is 17.2. The zero-order valence-electron chi connectivity index (χ0n) is 12.1. The summed E-state index contributed by atoms with van der Waals surface area (Å²) in [5.41, 5.74) is 0.488. The number of esters is 1. The Bertz CT molecular complexity index is 838. The number of aromatic nitrogens is 1. The number of hydrogen-bond donors (Lipinski definition) is 2. The number of ether oxygens (including phenoxy) is 1. The predicted molar refractivity (Wildman–Crippen MR) is 83.4 cm³/mol. The Kier molecular flexibility index (Phi) is 4.03. The van der Waals surface area contributed by atoms with Crippen molar-refractivity contribution >= 4 is 17.3 Å².